The Morgan fingerprint density at radius 1 is 1.38 bits per heavy atom. The molecule has 0 aromatic carbocycles. The molecule has 2 nitrogen and oxygen atoms in total. The Morgan fingerprint density at radius 3 is 2.69 bits per heavy atom. The molecule has 0 aliphatic carbocycles. The highest BCUT2D eigenvalue weighted by Gasteiger charge is 2.40. The second kappa shape index (κ2) is 4.38. The molecular weight excluding hydrogens is 216 g/mol. The molecule has 1 aromatic heterocycles. The van der Waals surface area contributed by atoms with Gasteiger partial charge in [0.25, 0.3) is 0 Å². The van der Waals surface area contributed by atoms with Crippen LogP contribution in [0.4, 0.5) is 5.69 Å². The first-order chi connectivity index (χ1) is 7.88. The number of hydrogen-bond acceptors (Lipinski definition) is 3. The fourth-order valence-corrected chi connectivity index (χ4v) is 4.09. The van der Waals surface area contributed by atoms with Crippen molar-refractivity contribution in [2.75, 3.05) is 11.4 Å². The zero-order valence-corrected chi connectivity index (χ0v) is 10.7. The van der Waals surface area contributed by atoms with Crippen LogP contribution in [0.3, 0.4) is 0 Å². The summed E-state index contributed by atoms with van der Waals surface area (Å²) in [5.41, 5.74) is 1.47. The Hall–Kier alpha value is -0.540. The van der Waals surface area contributed by atoms with E-state index < -0.39 is 0 Å². The summed E-state index contributed by atoms with van der Waals surface area (Å²) in [7, 11) is 0. The molecule has 3 heteroatoms. The van der Waals surface area contributed by atoms with E-state index in [0.29, 0.717) is 0 Å². The zero-order valence-electron chi connectivity index (χ0n) is 9.86. The Kier molecular flexibility index (Phi) is 2.90. The predicted octanol–water partition coefficient (Wildman–Crippen LogP) is 2.86. The minimum absolute atomic E-state index is 0.761. The summed E-state index contributed by atoms with van der Waals surface area (Å²) in [6, 6.07) is 4.62. The van der Waals surface area contributed by atoms with Crippen LogP contribution in [0.2, 0.25) is 0 Å². The first kappa shape index (κ1) is 10.6. The van der Waals surface area contributed by atoms with Crippen LogP contribution in [-0.4, -0.2) is 24.7 Å². The number of nitrogens with one attached hydrogen (secondary N) is 1. The highest BCUT2D eigenvalue weighted by atomic mass is 32.1. The summed E-state index contributed by atoms with van der Waals surface area (Å²) in [6.45, 7) is 3.33. The van der Waals surface area contributed by atoms with Crippen molar-refractivity contribution in [3.63, 3.8) is 0 Å². The molecule has 2 fully saturated rings. The van der Waals surface area contributed by atoms with Crippen molar-refractivity contribution in [3.8, 4) is 0 Å². The summed E-state index contributed by atoms with van der Waals surface area (Å²) in [5, 5.41) is 8.13. The van der Waals surface area contributed by atoms with Gasteiger partial charge in [0.05, 0.1) is 0 Å². The van der Waals surface area contributed by atoms with E-state index in [1.807, 2.05) is 11.3 Å². The lowest BCUT2D eigenvalue weighted by Crippen LogP contribution is -2.49. The van der Waals surface area contributed by atoms with Gasteiger partial charge in [-0.05, 0) is 43.7 Å². The number of hydrogen-bond donors (Lipinski definition) is 1. The van der Waals surface area contributed by atoms with Crippen LogP contribution >= 0.6 is 11.3 Å². The van der Waals surface area contributed by atoms with Crippen LogP contribution in [0.1, 0.15) is 32.6 Å². The van der Waals surface area contributed by atoms with E-state index in [9.17, 15) is 0 Å². The lowest BCUT2D eigenvalue weighted by atomic mass is 9.97. The average molecular weight is 236 g/mol. The summed E-state index contributed by atoms with van der Waals surface area (Å²) in [5.74, 6) is 0. The van der Waals surface area contributed by atoms with Crippen LogP contribution < -0.4 is 10.2 Å². The van der Waals surface area contributed by atoms with Crippen molar-refractivity contribution in [1.82, 2.24) is 5.32 Å². The van der Waals surface area contributed by atoms with E-state index >= 15 is 0 Å². The monoisotopic (exact) mass is 236 g/mol. The third-order valence-corrected chi connectivity index (χ3v) is 4.70. The normalized spacial score (nSPS) is 33.3. The molecule has 0 amide bonds. The lowest BCUT2D eigenvalue weighted by molar-refractivity contribution is 0.362. The Balaban J connectivity index is 1.75. The SMILES string of the molecule is CCNC1CC2CCC(C1)N2c1ccsc1. The van der Waals surface area contributed by atoms with Crippen LogP contribution in [0.5, 0.6) is 0 Å². The minimum Gasteiger partial charge on any atom is -0.365 e. The molecule has 2 aliphatic rings. The van der Waals surface area contributed by atoms with E-state index in [1.165, 1.54) is 31.4 Å². The van der Waals surface area contributed by atoms with Crippen molar-refractivity contribution in [2.24, 2.45) is 0 Å². The molecule has 2 bridgehead atoms. The maximum Gasteiger partial charge on any atom is 0.0479 e. The number of fused-ring (bicyclic) bond motifs is 2. The largest absolute Gasteiger partial charge is 0.365 e. The molecule has 16 heavy (non-hydrogen) atoms. The lowest BCUT2D eigenvalue weighted by Gasteiger charge is -2.40. The van der Waals surface area contributed by atoms with Crippen LogP contribution in [0, 0.1) is 0 Å². The highest BCUT2D eigenvalue weighted by molar-refractivity contribution is 7.08. The topological polar surface area (TPSA) is 15.3 Å². The minimum atomic E-state index is 0.761. The molecule has 3 rings (SSSR count). The summed E-state index contributed by atoms with van der Waals surface area (Å²) in [4.78, 5) is 2.68. The number of piperidine rings is 1. The van der Waals surface area contributed by atoms with Gasteiger partial charge in [0.1, 0.15) is 0 Å². The van der Waals surface area contributed by atoms with Gasteiger partial charge in [-0.1, -0.05) is 6.92 Å². The molecule has 2 unspecified atom stereocenters. The summed E-state index contributed by atoms with van der Waals surface area (Å²) in [6.07, 6.45) is 5.45. The average Bonchev–Trinajstić information content (AvgIpc) is 2.85. The number of thiophene rings is 1. The van der Waals surface area contributed by atoms with Gasteiger partial charge in [-0.3, -0.25) is 0 Å². The van der Waals surface area contributed by atoms with Gasteiger partial charge in [0.2, 0.25) is 0 Å². The van der Waals surface area contributed by atoms with Gasteiger partial charge < -0.3 is 10.2 Å². The van der Waals surface area contributed by atoms with Crippen molar-refractivity contribution in [1.29, 1.82) is 0 Å². The number of rotatable bonds is 3. The van der Waals surface area contributed by atoms with E-state index in [0.717, 1.165) is 24.7 Å². The van der Waals surface area contributed by atoms with Gasteiger partial charge in [0, 0.05) is 29.2 Å². The molecule has 0 radical (unpaired) electrons. The maximum absolute atomic E-state index is 3.63. The Morgan fingerprint density at radius 2 is 2.12 bits per heavy atom. The van der Waals surface area contributed by atoms with E-state index in [4.69, 9.17) is 0 Å². The van der Waals surface area contributed by atoms with Crippen molar-refractivity contribution in [2.45, 2.75) is 50.7 Å². The highest BCUT2D eigenvalue weighted by Crippen LogP contribution is 2.39. The fraction of sp³-hybridized carbons (Fsp3) is 0.692. The second-order valence-electron chi connectivity index (χ2n) is 5.00. The van der Waals surface area contributed by atoms with E-state index in [2.05, 4.69) is 34.0 Å². The fourth-order valence-electron chi connectivity index (χ4n) is 3.46. The van der Waals surface area contributed by atoms with E-state index in [1.54, 1.807) is 0 Å². The van der Waals surface area contributed by atoms with Crippen molar-refractivity contribution >= 4 is 17.0 Å². The van der Waals surface area contributed by atoms with Crippen molar-refractivity contribution < 1.29 is 0 Å². The molecule has 1 N–H and O–H groups in total. The molecule has 0 spiro atoms. The predicted molar refractivity (Wildman–Crippen MR) is 70.3 cm³/mol. The van der Waals surface area contributed by atoms with Gasteiger partial charge in [-0.15, -0.1) is 0 Å². The van der Waals surface area contributed by atoms with E-state index in [-0.39, 0.29) is 0 Å². The molecule has 2 saturated heterocycles. The van der Waals surface area contributed by atoms with Crippen LogP contribution in [0.25, 0.3) is 0 Å². The third kappa shape index (κ3) is 1.76. The first-order valence-corrected chi connectivity index (χ1v) is 7.36. The van der Waals surface area contributed by atoms with Gasteiger partial charge in [-0.2, -0.15) is 11.3 Å². The van der Waals surface area contributed by atoms with Gasteiger partial charge in [-0.25, -0.2) is 0 Å². The van der Waals surface area contributed by atoms with Crippen molar-refractivity contribution in [3.05, 3.63) is 16.8 Å². The summed E-state index contributed by atoms with van der Waals surface area (Å²) < 4.78 is 0. The quantitative estimate of drug-likeness (QED) is 0.868. The molecular formula is C13H20N2S. The molecule has 88 valence electrons. The summed E-state index contributed by atoms with van der Waals surface area (Å²) >= 11 is 1.82. The van der Waals surface area contributed by atoms with Gasteiger partial charge >= 0.3 is 0 Å². The Labute approximate surface area is 102 Å². The molecule has 0 saturated carbocycles. The number of anilines is 1. The molecule has 2 atom stereocenters. The zero-order chi connectivity index (χ0) is 11.0. The standard InChI is InChI=1S/C13H20N2S/c1-2-14-10-7-11-3-4-12(8-10)15(11)13-5-6-16-9-13/h5-6,9-12,14H,2-4,7-8H2,1H3. The molecule has 1 aromatic rings. The smallest absolute Gasteiger partial charge is 0.0479 e. The Bertz CT molecular complexity index is 322. The van der Waals surface area contributed by atoms with Crippen LogP contribution in [-0.2, 0) is 0 Å². The molecule has 2 aliphatic heterocycles. The third-order valence-electron chi connectivity index (χ3n) is 4.03. The number of nitrogens with zero attached hydrogens (tertiary/aromatic N) is 1. The van der Waals surface area contributed by atoms with Crippen LogP contribution in [0.15, 0.2) is 16.8 Å². The van der Waals surface area contributed by atoms with Gasteiger partial charge in [0.15, 0.2) is 0 Å². The molecule has 3 heterocycles. The second-order valence-corrected chi connectivity index (χ2v) is 5.78. The maximum atomic E-state index is 3.63. The first-order valence-electron chi connectivity index (χ1n) is 6.42.